The molecule has 0 aliphatic heterocycles. The van der Waals surface area contributed by atoms with E-state index in [1.54, 1.807) is 30.3 Å². The highest BCUT2D eigenvalue weighted by molar-refractivity contribution is 7.91. The number of hydrogen-bond donors (Lipinski definition) is 1. The van der Waals surface area contributed by atoms with Gasteiger partial charge < -0.3 is 5.73 Å². The van der Waals surface area contributed by atoms with E-state index in [0.717, 1.165) is 24.8 Å². The van der Waals surface area contributed by atoms with Gasteiger partial charge in [-0.3, -0.25) is 0 Å². The molecule has 110 valence electrons. The second-order valence-electron chi connectivity index (χ2n) is 5.50. The quantitative estimate of drug-likeness (QED) is 0.948. The van der Waals surface area contributed by atoms with Gasteiger partial charge in [-0.25, -0.2) is 8.42 Å². The van der Waals surface area contributed by atoms with Gasteiger partial charge >= 0.3 is 0 Å². The van der Waals surface area contributed by atoms with Crippen molar-refractivity contribution in [3.63, 3.8) is 0 Å². The molecule has 1 aliphatic rings. The first-order valence-corrected chi connectivity index (χ1v) is 8.74. The maximum absolute atomic E-state index is 12.7. The Labute approximate surface area is 125 Å². The summed E-state index contributed by atoms with van der Waals surface area (Å²) < 4.78 is 25.4. The highest BCUT2D eigenvalue weighted by Gasteiger charge is 2.23. The summed E-state index contributed by atoms with van der Waals surface area (Å²) in [6.07, 6.45) is 3.18. The zero-order chi connectivity index (χ0) is 14.9. The fraction of sp³-hybridized carbons (Fsp3) is 0.294. The van der Waals surface area contributed by atoms with E-state index in [4.69, 9.17) is 5.73 Å². The first kappa shape index (κ1) is 14.3. The fourth-order valence-electron chi connectivity index (χ4n) is 3.02. The normalized spacial score (nSPS) is 18.2. The van der Waals surface area contributed by atoms with Gasteiger partial charge in [-0.2, -0.15) is 0 Å². The number of nitrogens with two attached hydrogens (primary N) is 1. The van der Waals surface area contributed by atoms with Crippen molar-refractivity contribution in [2.24, 2.45) is 5.73 Å². The molecular formula is C17H19NO2S. The molecule has 1 aliphatic carbocycles. The average molecular weight is 301 g/mol. The Morgan fingerprint density at radius 2 is 1.81 bits per heavy atom. The molecule has 0 amide bonds. The van der Waals surface area contributed by atoms with Crippen LogP contribution in [0.15, 0.2) is 58.3 Å². The minimum Gasteiger partial charge on any atom is -0.330 e. The molecule has 0 radical (unpaired) electrons. The Morgan fingerprint density at radius 1 is 1.05 bits per heavy atom. The molecule has 4 heteroatoms. The van der Waals surface area contributed by atoms with Crippen molar-refractivity contribution >= 4 is 9.84 Å². The number of benzene rings is 2. The Bertz CT molecular complexity index is 739. The SMILES string of the molecule is NC[C@@H]1CCCc2ccc(S(=O)(=O)c3ccccc3)cc21. The third-order valence-electron chi connectivity index (χ3n) is 4.20. The summed E-state index contributed by atoms with van der Waals surface area (Å²) in [5.41, 5.74) is 8.19. The van der Waals surface area contributed by atoms with Crippen LogP contribution >= 0.6 is 0 Å². The molecule has 2 aromatic rings. The summed E-state index contributed by atoms with van der Waals surface area (Å²) >= 11 is 0. The highest BCUT2D eigenvalue weighted by atomic mass is 32.2. The molecule has 0 aromatic heterocycles. The van der Waals surface area contributed by atoms with Crippen LogP contribution in [0.25, 0.3) is 0 Å². The van der Waals surface area contributed by atoms with Crippen LogP contribution in [0.2, 0.25) is 0 Å². The lowest BCUT2D eigenvalue weighted by atomic mass is 9.83. The van der Waals surface area contributed by atoms with Crippen LogP contribution in [-0.2, 0) is 16.3 Å². The lowest BCUT2D eigenvalue weighted by Crippen LogP contribution is -2.18. The van der Waals surface area contributed by atoms with Crippen molar-refractivity contribution in [2.75, 3.05) is 6.54 Å². The molecule has 2 N–H and O–H groups in total. The van der Waals surface area contributed by atoms with Gasteiger partial charge in [0.25, 0.3) is 0 Å². The molecule has 0 bridgehead atoms. The van der Waals surface area contributed by atoms with Gasteiger partial charge in [0, 0.05) is 0 Å². The van der Waals surface area contributed by atoms with Crippen molar-refractivity contribution in [1.29, 1.82) is 0 Å². The van der Waals surface area contributed by atoms with Crippen LogP contribution in [0.4, 0.5) is 0 Å². The molecule has 3 rings (SSSR count). The average Bonchev–Trinajstić information content (AvgIpc) is 2.54. The summed E-state index contributed by atoms with van der Waals surface area (Å²) in [6, 6.07) is 14.1. The maximum atomic E-state index is 12.7. The minimum absolute atomic E-state index is 0.277. The predicted molar refractivity (Wildman–Crippen MR) is 83.1 cm³/mol. The van der Waals surface area contributed by atoms with Crippen molar-refractivity contribution in [3.8, 4) is 0 Å². The number of sulfone groups is 1. The number of aryl methyl sites for hydroxylation is 1. The van der Waals surface area contributed by atoms with Gasteiger partial charge in [0.2, 0.25) is 9.84 Å². The Hall–Kier alpha value is -1.65. The van der Waals surface area contributed by atoms with E-state index in [0.29, 0.717) is 16.3 Å². The van der Waals surface area contributed by atoms with Crippen LogP contribution in [0, 0.1) is 0 Å². The largest absolute Gasteiger partial charge is 0.330 e. The molecule has 0 unspecified atom stereocenters. The second kappa shape index (κ2) is 5.62. The van der Waals surface area contributed by atoms with Crippen molar-refractivity contribution in [1.82, 2.24) is 0 Å². The number of hydrogen-bond acceptors (Lipinski definition) is 3. The maximum Gasteiger partial charge on any atom is 0.206 e. The zero-order valence-electron chi connectivity index (χ0n) is 11.8. The van der Waals surface area contributed by atoms with E-state index in [-0.39, 0.29) is 5.92 Å². The summed E-state index contributed by atoms with van der Waals surface area (Å²) in [4.78, 5) is 0.706. The first-order chi connectivity index (χ1) is 10.1. The van der Waals surface area contributed by atoms with E-state index in [1.165, 1.54) is 5.56 Å². The van der Waals surface area contributed by atoms with Crippen LogP contribution in [-0.4, -0.2) is 15.0 Å². The summed E-state index contributed by atoms with van der Waals surface area (Å²) in [5, 5.41) is 0. The topological polar surface area (TPSA) is 60.2 Å². The minimum atomic E-state index is -3.44. The summed E-state index contributed by atoms with van der Waals surface area (Å²) in [7, 11) is -3.44. The van der Waals surface area contributed by atoms with Gasteiger partial charge in [0.15, 0.2) is 0 Å². The molecule has 0 spiro atoms. The van der Waals surface area contributed by atoms with Crippen molar-refractivity contribution < 1.29 is 8.42 Å². The van der Waals surface area contributed by atoms with Gasteiger partial charge in [0.05, 0.1) is 9.79 Å². The third-order valence-corrected chi connectivity index (χ3v) is 5.97. The van der Waals surface area contributed by atoms with E-state index < -0.39 is 9.84 Å². The van der Waals surface area contributed by atoms with Crippen LogP contribution in [0.1, 0.15) is 29.9 Å². The zero-order valence-corrected chi connectivity index (χ0v) is 12.6. The second-order valence-corrected chi connectivity index (χ2v) is 7.45. The van der Waals surface area contributed by atoms with Crippen LogP contribution in [0.5, 0.6) is 0 Å². The monoisotopic (exact) mass is 301 g/mol. The molecular weight excluding hydrogens is 282 g/mol. The molecule has 0 saturated heterocycles. The fourth-order valence-corrected chi connectivity index (χ4v) is 4.34. The molecule has 1 atom stereocenters. The van der Waals surface area contributed by atoms with Crippen LogP contribution in [0.3, 0.4) is 0 Å². The smallest absolute Gasteiger partial charge is 0.206 e. The van der Waals surface area contributed by atoms with Crippen molar-refractivity contribution in [2.45, 2.75) is 35.0 Å². The summed E-state index contributed by atoms with van der Waals surface area (Å²) in [5.74, 6) is 0.277. The summed E-state index contributed by atoms with van der Waals surface area (Å²) in [6.45, 7) is 0.571. The van der Waals surface area contributed by atoms with Crippen molar-refractivity contribution in [3.05, 3.63) is 59.7 Å². The Kier molecular flexibility index (Phi) is 3.83. The van der Waals surface area contributed by atoms with E-state index in [2.05, 4.69) is 0 Å². The number of rotatable bonds is 3. The van der Waals surface area contributed by atoms with Gasteiger partial charge in [0.1, 0.15) is 0 Å². The molecule has 3 nitrogen and oxygen atoms in total. The molecule has 2 aromatic carbocycles. The van der Waals surface area contributed by atoms with Gasteiger partial charge in [-0.05, 0) is 67.1 Å². The van der Waals surface area contributed by atoms with Gasteiger partial charge in [-0.15, -0.1) is 0 Å². The Balaban J connectivity index is 2.08. The molecule has 0 heterocycles. The van der Waals surface area contributed by atoms with E-state index >= 15 is 0 Å². The van der Waals surface area contributed by atoms with Crippen LogP contribution < -0.4 is 5.73 Å². The lowest BCUT2D eigenvalue weighted by molar-refractivity contribution is 0.557. The van der Waals surface area contributed by atoms with E-state index in [9.17, 15) is 8.42 Å². The third kappa shape index (κ3) is 2.61. The Morgan fingerprint density at radius 3 is 2.52 bits per heavy atom. The molecule has 21 heavy (non-hydrogen) atoms. The van der Waals surface area contributed by atoms with Gasteiger partial charge in [-0.1, -0.05) is 24.3 Å². The predicted octanol–water partition coefficient (Wildman–Crippen LogP) is 2.90. The standard InChI is InChI=1S/C17H19NO2S/c18-12-14-6-4-5-13-9-10-16(11-17(13)14)21(19,20)15-7-2-1-3-8-15/h1-3,7-11,14H,4-6,12,18H2/t14-/m0/s1. The first-order valence-electron chi connectivity index (χ1n) is 7.26. The number of fused-ring (bicyclic) bond motifs is 1. The van der Waals surface area contributed by atoms with E-state index in [1.807, 2.05) is 18.2 Å². The lowest BCUT2D eigenvalue weighted by Gasteiger charge is -2.25. The highest BCUT2D eigenvalue weighted by Crippen LogP contribution is 2.33. The molecule has 0 fully saturated rings. The molecule has 0 saturated carbocycles.